The van der Waals surface area contributed by atoms with Gasteiger partial charge in [0.1, 0.15) is 6.61 Å². The normalized spacial score (nSPS) is 18.1. The SMILES string of the molecule is Cc1cccc(CN(C(=O)COCC2CC2)C2CC2)c1. The predicted molar refractivity (Wildman–Crippen MR) is 78.3 cm³/mol. The van der Waals surface area contributed by atoms with Crippen LogP contribution in [0.25, 0.3) is 0 Å². The number of hydrogen-bond donors (Lipinski definition) is 0. The van der Waals surface area contributed by atoms with E-state index in [0.29, 0.717) is 12.0 Å². The standard InChI is InChI=1S/C17H23NO2/c1-13-3-2-4-15(9-13)10-18(16-7-8-16)17(19)12-20-11-14-5-6-14/h2-4,9,14,16H,5-8,10-12H2,1H3. The molecule has 108 valence electrons. The first-order valence-corrected chi connectivity index (χ1v) is 7.65. The number of nitrogens with zero attached hydrogens (tertiary/aromatic N) is 1. The molecule has 1 aromatic carbocycles. The number of carbonyl (C=O) groups is 1. The van der Waals surface area contributed by atoms with E-state index in [0.717, 1.165) is 26.0 Å². The van der Waals surface area contributed by atoms with Crippen LogP contribution in [-0.2, 0) is 16.1 Å². The molecule has 0 heterocycles. The number of hydrogen-bond acceptors (Lipinski definition) is 2. The third-order valence-corrected chi connectivity index (χ3v) is 4.02. The van der Waals surface area contributed by atoms with Gasteiger partial charge in [-0.3, -0.25) is 4.79 Å². The summed E-state index contributed by atoms with van der Waals surface area (Å²) in [6.45, 7) is 3.82. The largest absolute Gasteiger partial charge is 0.371 e. The molecule has 0 bridgehead atoms. The maximum Gasteiger partial charge on any atom is 0.249 e. The Hall–Kier alpha value is -1.35. The molecule has 0 aliphatic heterocycles. The Morgan fingerprint density at radius 3 is 2.75 bits per heavy atom. The summed E-state index contributed by atoms with van der Waals surface area (Å²) in [5.41, 5.74) is 2.46. The first-order chi connectivity index (χ1) is 9.72. The Kier molecular flexibility index (Phi) is 4.06. The van der Waals surface area contributed by atoms with E-state index >= 15 is 0 Å². The molecule has 0 unspecified atom stereocenters. The lowest BCUT2D eigenvalue weighted by molar-refractivity contribution is -0.137. The Morgan fingerprint density at radius 1 is 1.30 bits per heavy atom. The Bertz CT molecular complexity index is 478. The van der Waals surface area contributed by atoms with E-state index in [4.69, 9.17) is 4.74 Å². The average molecular weight is 273 g/mol. The van der Waals surface area contributed by atoms with Gasteiger partial charge in [0.15, 0.2) is 0 Å². The number of carbonyl (C=O) groups excluding carboxylic acids is 1. The van der Waals surface area contributed by atoms with E-state index < -0.39 is 0 Å². The smallest absolute Gasteiger partial charge is 0.249 e. The molecule has 2 aliphatic rings. The van der Waals surface area contributed by atoms with Gasteiger partial charge in [0.05, 0.1) is 6.61 Å². The zero-order chi connectivity index (χ0) is 13.9. The summed E-state index contributed by atoms with van der Waals surface area (Å²) in [6, 6.07) is 8.84. The first-order valence-electron chi connectivity index (χ1n) is 7.65. The molecule has 0 N–H and O–H groups in total. The Balaban J connectivity index is 1.55. The maximum atomic E-state index is 12.3. The topological polar surface area (TPSA) is 29.5 Å². The van der Waals surface area contributed by atoms with E-state index in [1.807, 2.05) is 4.90 Å². The minimum Gasteiger partial charge on any atom is -0.371 e. The molecule has 0 saturated heterocycles. The summed E-state index contributed by atoms with van der Waals surface area (Å²) in [6.07, 6.45) is 4.81. The summed E-state index contributed by atoms with van der Waals surface area (Å²) in [4.78, 5) is 14.3. The van der Waals surface area contributed by atoms with Gasteiger partial charge in [-0.05, 0) is 44.1 Å². The van der Waals surface area contributed by atoms with Crippen molar-refractivity contribution in [1.82, 2.24) is 4.90 Å². The third kappa shape index (κ3) is 3.83. The molecule has 3 heteroatoms. The second kappa shape index (κ2) is 5.96. The summed E-state index contributed by atoms with van der Waals surface area (Å²) in [7, 11) is 0. The number of aryl methyl sites for hydroxylation is 1. The van der Waals surface area contributed by atoms with E-state index in [2.05, 4.69) is 31.2 Å². The van der Waals surface area contributed by atoms with Crippen molar-refractivity contribution in [1.29, 1.82) is 0 Å². The highest BCUT2D eigenvalue weighted by atomic mass is 16.5. The highest BCUT2D eigenvalue weighted by molar-refractivity contribution is 5.78. The molecule has 1 amide bonds. The molecule has 2 aliphatic carbocycles. The van der Waals surface area contributed by atoms with Crippen LogP contribution in [0.4, 0.5) is 0 Å². The van der Waals surface area contributed by atoms with Gasteiger partial charge in [0.25, 0.3) is 0 Å². The number of benzene rings is 1. The number of rotatable bonds is 7. The Labute approximate surface area is 120 Å². The summed E-state index contributed by atoms with van der Waals surface area (Å²) >= 11 is 0. The molecular formula is C17H23NO2. The second-order valence-corrected chi connectivity index (χ2v) is 6.20. The van der Waals surface area contributed by atoms with Crippen molar-refractivity contribution in [2.24, 2.45) is 5.92 Å². The lowest BCUT2D eigenvalue weighted by atomic mass is 10.1. The molecule has 0 spiro atoms. The lowest BCUT2D eigenvalue weighted by Gasteiger charge is -2.22. The quantitative estimate of drug-likeness (QED) is 0.764. The lowest BCUT2D eigenvalue weighted by Crippen LogP contribution is -2.35. The molecule has 0 radical (unpaired) electrons. The van der Waals surface area contributed by atoms with Gasteiger partial charge in [-0.2, -0.15) is 0 Å². The van der Waals surface area contributed by atoms with Crippen LogP contribution >= 0.6 is 0 Å². The minimum atomic E-state index is 0.148. The molecular weight excluding hydrogens is 250 g/mol. The van der Waals surface area contributed by atoms with E-state index in [-0.39, 0.29) is 12.5 Å². The maximum absolute atomic E-state index is 12.3. The van der Waals surface area contributed by atoms with E-state index in [1.165, 1.54) is 24.0 Å². The van der Waals surface area contributed by atoms with Crippen molar-refractivity contribution in [3.05, 3.63) is 35.4 Å². The zero-order valence-electron chi connectivity index (χ0n) is 12.2. The van der Waals surface area contributed by atoms with E-state index in [1.54, 1.807) is 0 Å². The monoisotopic (exact) mass is 273 g/mol. The molecule has 2 saturated carbocycles. The predicted octanol–water partition coefficient (Wildman–Crippen LogP) is 2.91. The van der Waals surface area contributed by atoms with Crippen molar-refractivity contribution in [3.8, 4) is 0 Å². The third-order valence-electron chi connectivity index (χ3n) is 4.02. The van der Waals surface area contributed by atoms with Crippen LogP contribution in [0.3, 0.4) is 0 Å². The van der Waals surface area contributed by atoms with Gasteiger partial charge in [-0.15, -0.1) is 0 Å². The van der Waals surface area contributed by atoms with Crippen LogP contribution < -0.4 is 0 Å². The van der Waals surface area contributed by atoms with Gasteiger partial charge in [-0.1, -0.05) is 29.8 Å². The van der Waals surface area contributed by atoms with Crippen molar-refractivity contribution in [3.63, 3.8) is 0 Å². The van der Waals surface area contributed by atoms with Crippen LogP contribution in [0.15, 0.2) is 24.3 Å². The van der Waals surface area contributed by atoms with Crippen molar-refractivity contribution in [2.75, 3.05) is 13.2 Å². The van der Waals surface area contributed by atoms with Gasteiger partial charge < -0.3 is 9.64 Å². The molecule has 2 fully saturated rings. The number of ether oxygens (including phenoxy) is 1. The molecule has 3 rings (SSSR count). The van der Waals surface area contributed by atoms with Crippen molar-refractivity contribution < 1.29 is 9.53 Å². The van der Waals surface area contributed by atoms with Crippen LogP contribution in [0.5, 0.6) is 0 Å². The molecule has 0 aromatic heterocycles. The fraction of sp³-hybridized carbons (Fsp3) is 0.588. The second-order valence-electron chi connectivity index (χ2n) is 6.20. The van der Waals surface area contributed by atoms with Crippen molar-refractivity contribution in [2.45, 2.75) is 45.2 Å². The van der Waals surface area contributed by atoms with Gasteiger partial charge in [0.2, 0.25) is 5.91 Å². The van der Waals surface area contributed by atoms with Crippen LogP contribution in [0, 0.1) is 12.8 Å². The molecule has 1 aromatic rings. The molecule has 0 atom stereocenters. The highest BCUT2D eigenvalue weighted by Crippen LogP contribution is 2.30. The van der Waals surface area contributed by atoms with E-state index in [9.17, 15) is 4.79 Å². The zero-order valence-corrected chi connectivity index (χ0v) is 12.2. The fourth-order valence-electron chi connectivity index (χ4n) is 2.49. The van der Waals surface area contributed by atoms with Crippen molar-refractivity contribution >= 4 is 5.91 Å². The summed E-state index contributed by atoms with van der Waals surface area (Å²) in [5, 5.41) is 0. The Morgan fingerprint density at radius 2 is 2.10 bits per heavy atom. The number of amides is 1. The summed E-state index contributed by atoms with van der Waals surface area (Å²) < 4.78 is 5.55. The molecule has 20 heavy (non-hydrogen) atoms. The van der Waals surface area contributed by atoms with Gasteiger partial charge in [0, 0.05) is 12.6 Å². The summed E-state index contributed by atoms with van der Waals surface area (Å²) in [5.74, 6) is 0.864. The van der Waals surface area contributed by atoms with Crippen LogP contribution in [0.1, 0.15) is 36.8 Å². The minimum absolute atomic E-state index is 0.148. The van der Waals surface area contributed by atoms with Gasteiger partial charge in [-0.25, -0.2) is 0 Å². The van der Waals surface area contributed by atoms with Crippen LogP contribution in [-0.4, -0.2) is 30.1 Å². The average Bonchev–Trinajstić information content (AvgIpc) is 3.28. The highest BCUT2D eigenvalue weighted by Gasteiger charge is 2.32. The van der Waals surface area contributed by atoms with Gasteiger partial charge >= 0.3 is 0 Å². The molecule has 3 nitrogen and oxygen atoms in total. The van der Waals surface area contributed by atoms with Crippen LogP contribution in [0.2, 0.25) is 0 Å². The first kappa shape index (κ1) is 13.6. The fourth-order valence-corrected chi connectivity index (χ4v) is 2.49.